The highest BCUT2D eigenvalue weighted by atomic mass is 14.4. The maximum atomic E-state index is 2.57. The summed E-state index contributed by atoms with van der Waals surface area (Å²) < 4.78 is 0. The van der Waals surface area contributed by atoms with Crippen molar-refractivity contribution in [3.8, 4) is 0 Å². The molecule has 0 heteroatoms. The van der Waals surface area contributed by atoms with Gasteiger partial charge < -0.3 is 0 Å². The van der Waals surface area contributed by atoms with Crippen LogP contribution in [0.15, 0.2) is 24.3 Å². The third kappa shape index (κ3) is 4.73. The predicted octanol–water partition coefficient (Wildman–Crippen LogP) is 6.78. The minimum atomic E-state index is 0.815. The summed E-state index contributed by atoms with van der Waals surface area (Å²) in [6.45, 7) is 6.94. The van der Waals surface area contributed by atoms with Crippen LogP contribution in [0, 0.1) is 29.6 Å². The van der Waals surface area contributed by atoms with Gasteiger partial charge in [0, 0.05) is 0 Å². The summed E-state index contributed by atoms with van der Waals surface area (Å²) in [5.74, 6) is 4.48. The molecule has 2 rings (SSSR count). The molecule has 0 aromatic heterocycles. The molecular formula is C21H36. The van der Waals surface area contributed by atoms with E-state index < -0.39 is 0 Å². The van der Waals surface area contributed by atoms with E-state index in [9.17, 15) is 0 Å². The third-order valence-corrected chi connectivity index (χ3v) is 5.99. The second kappa shape index (κ2) is 8.81. The van der Waals surface area contributed by atoms with E-state index in [-0.39, 0.29) is 0 Å². The van der Waals surface area contributed by atoms with Crippen molar-refractivity contribution in [1.82, 2.24) is 0 Å². The zero-order valence-corrected chi connectivity index (χ0v) is 14.6. The van der Waals surface area contributed by atoms with Crippen molar-refractivity contribution in [3.05, 3.63) is 24.3 Å². The summed E-state index contributed by atoms with van der Waals surface area (Å²) in [6.07, 6.45) is 22.7. The lowest BCUT2D eigenvalue weighted by Gasteiger charge is -2.43. The van der Waals surface area contributed by atoms with Gasteiger partial charge in [0.1, 0.15) is 0 Å². The third-order valence-electron chi connectivity index (χ3n) is 5.99. The van der Waals surface area contributed by atoms with Gasteiger partial charge in [0.2, 0.25) is 0 Å². The van der Waals surface area contributed by atoms with Gasteiger partial charge in [-0.1, -0.05) is 70.3 Å². The second-order valence-corrected chi connectivity index (χ2v) is 7.54. The summed E-state index contributed by atoms with van der Waals surface area (Å²) in [6, 6.07) is 0. The van der Waals surface area contributed by atoms with E-state index in [4.69, 9.17) is 0 Å². The molecule has 0 radical (unpaired) electrons. The highest BCUT2D eigenvalue weighted by molar-refractivity contribution is 5.07. The average Bonchev–Trinajstić information content (AvgIpc) is 2.49. The summed E-state index contributed by atoms with van der Waals surface area (Å²) >= 11 is 0. The Labute approximate surface area is 133 Å². The van der Waals surface area contributed by atoms with Crippen molar-refractivity contribution in [2.45, 2.75) is 78.6 Å². The van der Waals surface area contributed by atoms with Gasteiger partial charge in [-0.15, -0.1) is 0 Å². The first kappa shape index (κ1) is 16.8. The quantitative estimate of drug-likeness (QED) is 0.358. The maximum Gasteiger partial charge on any atom is -0.0197 e. The molecule has 5 atom stereocenters. The smallest absolute Gasteiger partial charge is 0.0197 e. The molecule has 0 amide bonds. The Morgan fingerprint density at radius 2 is 1.86 bits per heavy atom. The lowest BCUT2D eigenvalue weighted by atomic mass is 9.62. The van der Waals surface area contributed by atoms with Crippen LogP contribution in [0.2, 0.25) is 0 Å². The van der Waals surface area contributed by atoms with Crippen molar-refractivity contribution in [3.63, 3.8) is 0 Å². The number of hydrogen-bond acceptors (Lipinski definition) is 0. The van der Waals surface area contributed by atoms with Gasteiger partial charge in [0.25, 0.3) is 0 Å². The van der Waals surface area contributed by atoms with Crippen molar-refractivity contribution in [1.29, 1.82) is 0 Å². The van der Waals surface area contributed by atoms with Gasteiger partial charge in [0.15, 0.2) is 0 Å². The predicted molar refractivity (Wildman–Crippen MR) is 94.3 cm³/mol. The molecule has 0 aromatic rings. The van der Waals surface area contributed by atoms with E-state index in [1.54, 1.807) is 0 Å². The fraction of sp³-hybridized carbons (Fsp3) is 0.810. The molecule has 0 aromatic carbocycles. The van der Waals surface area contributed by atoms with Gasteiger partial charge in [-0.05, 0) is 62.2 Å². The number of unbranched alkanes of at least 4 members (excludes halogenated alkanes) is 4. The van der Waals surface area contributed by atoms with Crippen LogP contribution in [0.4, 0.5) is 0 Å². The normalized spacial score (nSPS) is 36.0. The largest absolute Gasteiger partial charge is 0.0914 e. The molecule has 2 aliphatic rings. The molecule has 0 N–H and O–H groups in total. The molecule has 2 aliphatic carbocycles. The average molecular weight is 289 g/mol. The van der Waals surface area contributed by atoms with Crippen LogP contribution in [0.25, 0.3) is 0 Å². The lowest BCUT2D eigenvalue weighted by Crippen LogP contribution is -2.34. The first-order valence-electron chi connectivity index (χ1n) is 9.57. The van der Waals surface area contributed by atoms with E-state index >= 15 is 0 Å². The number of hydrogen-bond donors (Lipinski definition) is 0. The fourth-order valence-corrected chi connectivity index (χ4v) is 4.77. The van der Waals surface area contributed by atoms with E-state index in [0.29, 0.717) is 0 Å². The molecule has 0 bridgehead atoms. The lowest BCUT2D eigenvalue weighted by molar-refractivity contribution is 0.121. The van der Waals surface area contributed by atoms with E-state index in [2.05, 4.69) is 45.1 Å². The topological polar surface area (TPSA) is 0 Å². The first-order valence-corrected chi connectivity index (χ1v) is 9.57. The van der Waals surface area contributed by atoms with Crippen molar-refractivity contribution in [2.24, 2.45) is 29.6 Å². The Morgan fingerprint density at radius 1 is 1.05 bits per heavy atom. The molecular weight excluding hydrogens is 252 g/mol. The van der Waals surface area contributed by atoms with Crippen LogP contribution in [0.1, 0.15) is 78.6 Å². The molecule has 0 nitrogen and oxygen atoms in total. The SMILES string of the molecule is C/C=C\[C@@H]1CC[C@H]2C(C=C[C@H](C)C2CCCCCCC)C1. The minimum Gasteiger partial charge on any atom is -0.0914 e. The number of allylic oxidation sites excluding steroid dienone is 4. The first-order chi connectivity index (χ1) is 10.3. The Kier molecular flexibility index (Phi) is 7.07. The summed E-state index contributed by atoms with van der Waals surface area (Å²) in [5.41, 5.74) is 0. The van der Waals surface area contributed by atoms with Crippen molar-refractivity contribution < 1.29 is 0 Å². The molecule has 120 valence electrons. The Morgan fingerprint density at radius 3 is 2.62 bits per heavy atom. The summed E-state index contributed by atoms with van der Waals surface area (Å²) in [7, 11) is 0. The van der Waals surface area contributed by atoms with E-state index in [1.807, 2.05) is 0 Å². The van der Waals surface area contributed by atoms with Crippen molar-refractivity contribution in [2.75, 3.05) is 0 Å². The van der Waals surface area contributed by atoms with E-state index in [0.717, 1.165) is 29.6 Å². The van der Waals surface area contributed by atoms with Crippen LogP contribution in [-0.4, -0.2) is 0 Å². The van der Waals surface area contributed by atoms with E-state index in [1.165, 1.54) is 57.8 Å². The summed E-state index contributed by atoms with van der Waals surface area (Å²) in [4.78, 5) is 0. The molecule has 0 saturated heterocycles. The summed E-state index contributed by atoms with van der Waals surface area (Å²) in [5, 5.41) is 0. The Bertz CT molecular complexity index is 338. The van der Waals surface area contributed by atoms with Crippen LogP contribution in [0.3, 0.4) is 0 Å². The fourth-order valence-electron chi connectivity index (χ4n) is 4.77. The highest BCUT2D eigenvalue weighted by Crippen LogP contribution is 2.46. The van der Waals surface area contributed by atoms with Crippen LogP contribution in [0.5, 0.6) is 0 Å². The monoisotopic (exact) mass is 288 g/mol. The molecule has 0 heterocycles. The standard InChI is InChI=1S/C21H36/c1-4-6-7-8-9-11-20-17(3)12-14-19-16-18(10-5-2)13-15-21(19)20/h5,10,12,14,17-21H,4,6-9,11,13,15-16H2,1-3H3/b10-5-/t17-,18+,19?,20?,21-/m0/s1. The van der Waals surface area contributed by atoms with Gasteiger partial charge in [-0.25, -0.2) is 0 Å². The molecule has 0 aliphatic heterocycles. The molecule has 1 saturated carbocycles. The zero-order valence-electron chi connectivity index (χ0n) is 14.6. The van der Waals surface area contributed by atoms with Crippen LogP contribution in [-0.2, 0) is 0 Å². The van der Waals surface area contributed by atoms with Crippen LogP contribution >= 0.6 is 0 Å². The molecule has 1 fully saturated rings. The van der Waals surface area contributed by atoms with Crippen molar-refractivity contribution >= 4 is 0 Å². The van der Waals surface area contributed by atoms with Gasteiger partial charge >= 0.3 is 0 Å². The highest BCUT2D eigenvalue weighted by Gasteiger charge is 2.37. The molecule has 0 spiro atoms. The Balaban J connectivity index is 1.85. The van der Waals surface area contributed by atoms with Crippen LogP contribution < -0.4 is 0 Å². The minimum absolute atomic E-state index is 0.815. The second-order valence-electron chi connectivity index (χ2n) is 7.54. The van der Waals surface area contributed by atoms with Gasteiger partial charge in [0.05, 0.1) is 0 Å². The molecule has 2 unspecified atom stereocenters. The van der Waals surface area contributed by atoms with Gasteiger partial charge in [-0.3, -0.25) is 0 Å². The Hall–Kier alpha value is -0.520. The zero-order chi connectivity index (χ0) is 15.1. The molecule has 21 heavy (non-hydrogen) atoms. The maximum absolute atomic E-state index is 2.57. The van der Waals surface area contributed by atoms with Gasteiger partial charge in [-0.2, -0.15) is 0 Å². The number of fused-ring (bicyclic) bond motifs is 1. The number of rotatable bonds is 7.